The van der Waals surface area contributed by atoms with Gasteiger partial charge in [0.1, 0.15) is 11.6 Å². The summed E-state index contributed by atoms with van der Waals surface area (Å²) in [7, 11) is -4.01. The molecule has 0 saturated heterocycles. The number of phenols is 1. The first-order chi connectivity index (χ1) is 15.2. The van der Waals surface area contributed by atoms with E-state index in [9.17, 15) is 17.9 Å². The molecule has 1 aromatic heterocycles. The fraction of sp³-hybridized carbons (Fsp3) is 0.346. The van der Waals surface area contributed by atoms with E-state index in [4.69, 9.17) is 0 Å². The standard InChI is InChI=1S/C26H31FN2O3S/c1-25(2,3)22-14-18(15-23(24(22)30)26(4,5)6)17-29(20-8-7-13-28-16-20)33(31,32)21-11-9-19(27)10-12-21/h7-16,30H,17H2,1-6H3. The lowest BCUT2D eigenvalue weighted by Gasteiger charge is -2.30. The zero-order valence-electron chi connectivity index (χ0n) is 19.9. The first-order valence-corrected chi connectivity index (χ1v) is 12.2. The van der Waals surface area contributed by atoms with E-state index in [0.29, 0.717) is 5.69 Å². The van der Waals surface area contributed by atoms with Crippen LogP contribution in [0.5, 0.6) is 5.75 Å². The number of hydrogen-bond donors (Lipinski definition) is 1. The molecule has 0 fully saturated rings. The zero-order valence-corrected chi connectivity index (χ0v) is 20.7. The minimum atomic E-state index is -4.01. The second kappa shape index (κ2) is 8.78. The quantitative estimate of drug-likeness (QED) is 0.503. The van der Waals surface area contributed by atoms with Crippen molar-refractivity contribution in [2.45, 2.75) is 63.8 Å². The van der Waals surface area contributed by atoms with Crippen molar-refractivity contribution >= 4 is 15.7 Å². The van der Waals surface area contributed by atoms with Crippen molar-refractivity contribution in [1.29, 1.82) is 0 Å². The van der Waals surface area contributed by atoms with Gasteiger partial charge in [0.15, 0.2) is 0 Å². The van der Waals surface area contributed by atoms with Crippen LogP contribution in [-0.2, 0) is 27.4 Å². The van der Waals surface area contributed by atoms with Gasteiger partial charge in [-0.2, -0.15) is 0 Å². The van der Waals surface area contributed by atoms with E-state index in [0.717, 1.165) is 28.8 Å². The molecule has 1 N–H and O–H groups in total. The second-order valence-corrected chi connectivity index (χ2v) is 12.1. The summed E-state index contributed by atoms with van der Waals surface area (Å²) in [4.78, 5) is 4.07. The molecule has 1 heterocycles. The lowest BCUT2D eigenvalue weighted by molar-refractivity contribution is 0.422. The predicted molar refractivity (Wildman–Crippen MR) is 130 cm³/mol. The molecule has 0 aliphatic carbocycles. The minimum absolute atomic E-state index is 0.0152. The Balaban J connectivity index is 2.19. The summed E-state index contributed by atoms with van der Waals surface area (Å²) in [6.07, 6.45) is 3.05. The van der Waals surface area contributed by atoms with Gasteiger partial charge in [-0.15, -0.1) is 0 Å². The number of benzene rings is 2. The Morgan fingerprint density at radius 2 is 1.48 bits per heavy atom. The van der Waals surface area contributed by atoms with E-state index in [2.05, 4.69) is 4.98 Å². The van der Waals surface area contributed by atoms with Gasteiger partial charge < -0.3 is 5.11 Å². The van der Waals surface area contributed by atoms with Crippen molar-refractivity contribution in [3.8, 4) is 5.75 Å². The molecule has 3 rings (SSSR count). The summed E-state index contributed by atoms with van der Waals surface area (Å²) in [6, 6.07) is 11.8. The fourth-order valence-electron chi connectivity index (χ4n) is 3.64. The topological polar surface area (TPSA) is 70.5 Å². The largest absolute Gasteiger partial charge is 0.507 e. The molecule has 0 atom stereocenters. The van der Waals surface area contributed by atoms with Crippen LogP contribution < -0.4 is 4.31 Å². The Labute approximate surface area is 196 Å². The Hall–Kier alpha value is -2.93. The van der Waals surface area contributed by atoms with Gasteiger partial charge in [0, 0.05) is 6.20 Å². The number of phenolic OH excluding ortho intramolecular Hbond substituents is 1. The SMILES string of the molecule is CC(C)(C)c1cc(CN(c2cccnc2)S(=O)(=O)c2ccc(F)cc2)cc(C(C)(C)C)c1O. The van der Waals surface area contributed by atoms with Gasteiger partial charge in [0.2, 0.25) is 0 Å². The lowest BCUT2D eigenvalue weighted by atomic mass is 9.78. The van der Waals surface area contributed by atoms with Gasteiger partial charge in [-0.25, -0.2) is 12.8 Å². The van der Waals surface area contributed by atoms with E-state index in [-0.39, 0.29) is 28.0 Å². The van der Waals surface area contributed by atoms with E-state index >= 15 is 0 Å². The first-order valence-electron chi connectivity index (χ1n) is 10.8. The van der Waals surface area contributed by atoms with Crippen LogP contribution >= 0.6 is 0 Å². The molecule has 0 aliphatic rings. The maximum atomic E-state index is 13.6. The average molecular weight is 471 g/mol. The zero-order chi connectivity index (χ0) is 24.6. The molecule has 2 aromatic carbocycles. The number of halogens is 1. The van der Waals surface area contributed by atoms with Gasteiger partial charge in [-0.05, 0) is 76.1 Å². The Morgan fingerprint density at radius 1 is 0.939 bits per heavy atom. The van der Waals surface area contributed by atoms with Crippen LogP contribution in [0.2, 0.25) is 0 Å². The van der Waals surface area contributed by atoms with Crippen molar-refractivity contribution in [2.24, 2.45) is 0 Å². The van der Waals surface area contributed by atoms with Crippen LogP contribution in [0.1, 0.15) is 58.2 Å². The number of anilines is 1. The molecule has 33 heavy (non-hydrogen) atoms. The van der Waals surface area contributed by atoms with Gasteiger partial charge >= 0.3 is 0 Å². The average Bonchev–Trinajstić information content (AvgIpc) is 2.72. The smallest absolute Gasteiger partial charge is 0.264 e. The minimum Gasteiger partial charge on any atom is -0.507 e. The molecular weight excluding hydrogens is 439 g/mol. The molecule has 0 amide bonds. The van der Waals surface area contributed by atoms with Crippen molar-refractivity contribution in [2.75, 3.05) is 4.31 Å². The third kappa shape index (κ3) is 5.36. The fourth-order valence-corrected chi connectivity index (χ4v) is 5.08. The van der Waals surface area contributed by atoms with Gasteiger partial charge in [0.05, 0.1) is 23.3 Å². The maximum absolute atomic E-state index is 13.6. The molecular formula is C26H31FN2O3S. The summed E-state index contributed by atoms with van der Waals surface area (Å²) in [5.41, 5.74) is 1.91. The van der Waals surface area contributed by atoms with Gasteiger partial charge in [-0.1, -0.05) is 41.5 Å². The molecule has 0 bridgehead atoms. The number of nitrogens with zero attached hydrogens (tertiary/aromatic N) is 2. The molecule has 0 unspecified atom stereocenters. The van der Waals surface area contributed by atoms with Crippen LogP contribution in [0.25, 0.3) is 0 Å². The highest BCUT2D eigenvalue weighted by Gasteiger charge is 2.30. The Kier molecular flexibility index (Phi) is 6.58. The third-order valence-electron chi connectivity index (χ3n) is 5.45. The van der Waals surface area contributed by atoms with Crippen LogP contribution in [0.3, 0.4) is 0 Å². The number of sulfonamides is 1. The lowest BCUT2D eigenvalue weighted by Crippen LogP contribution is -2.31. The summed E-state index contributed by atoms with van der Waals surface area (Å²) in [6.45, 7) is 12.1. The Bertz CT molecular complexity index is 1190. The molecule has 0 radical (unpaired) electrons. The number of rotatable bonds is 5. The molecule has 7 heteroatoms. The van der Waals surface area contributed by atoms with Crippen molar-refractivity contribution in [3.05, 3.63) is 83.4 Å². The number of aromatic hydroxyl groups is 1. The van der Waals surface area contributed by atoms with Crippen molar-refractivity contribution in [3.63, 3.8) is 0 Å². The highest BCUT2D eigenvalue weighted by molar-refractivity contribution is 7.92. The third-order valence-corrected chi connectivity index (χ3v) is 7.24. The summed E-state index contributed by atoms with van der Waals surface area (Å²) < 4.78 is 41.9. The number of pyridine rings is 1. The van der Waals surface area contributed by atoms with E-state index < -0.39 is 15.8 Å². The second-order valence-electron chi connectivity index (χ2n) is 10.2. The van der Waals surface area contributed by atoms with Crippen LogP contribution in [0.4, 0.5) is 10.1 Å². The predicted octanol–water partition coefficient (Wildman–Crippen LogP) is 5.92. The van der Waals surface area contributed by atoms with E-state index in [1.165, 1.54) is 22.6 Å². The monoisotopic (exact) mass is 470 g/mol. The highest BCUT2D eigenvalue weighted by atomic mass is 32.2. The van der Waals surface area contributed by atoms with E-state index in [1.54, 1.807) is 18.3 Å². The van der Waals surface area contributed by atoms with Gasteiger partial charge in [0.25, 0.3) is 10.0 Å². The van der Waals surface area contributed by atoms with Crippen LogP contribution in [0.15, 0.2) is 65.8 Å². The summed E-state index contributed by atoms with van der Waals surface area (Å²) in [5, 5.41) is 11.0. The first kappa shape index (κ1) is 24.7. The summed E-state index contributed by atoms with van der Waals surface area (Å²) >= 11 is 0. The highest BCUT2D eigenvalue weighted by Crippen LogP contribution is 2.40. The summed E-state index contributed by atoms with van der Waals surface area (Å²) in [5.74, 6) is -0.280. The number of hydrogen-bond acceptors (Lipinski definition) is 4. The van der Waals surface area contributed by atoms with Gasteiger partial charge in [-0.3, -0.25) is 9.29 Å². The maximum Gasteiger partial charge on any atom is 0.264 e. The molecule has 0 aliphatic heterocycles. The molecule has 0 saturated carbocycles. The van der Waals surface area contributed by atoms with E-state index in [1.807, 2.05) is 53.7 Å². The van der Waals surface area contributed by atoms with Crippen LogP contribution in [-0.4, -0.2) is 18.5 Å². The normalized spacial score (nSPS) is 12.6. The van der Waals surface area contributed by atoms with Crippen LogP contribution in [0, 0.1) is 5.82 Å². The van der Waals surface area contributed by atoms with Crippen molar-refractivity contribution < 1.29 is 17.9 Å². The van der Waals surface area contributed by atoms with Crippen molar-refractivity contribution in [1.82, 2.24) is 4.98 Å². The molecule has 176 valence electrons. The molecule has 0 spiro atoms. The number of aromatic nitrogens is 1. The Morgan fingerprint density at radius 3 is 1.94 bits per heavy atom. The molecule has 3 aromatic rings. The molecule has 5 nitrogen and oxygen atoms in total.